The van der Waals surface area contributed by atoms with E-state index < -0.39 is 0 Å². The van der Waals surface area contributed by atoms with Gasteiger partial charge in [-0.15, -0.1) is 0 Å². The predicted octanol–water partition coefficient (Wildman–Crippen LogP) is 2.19. The second-order valence-electron chi connectivity index (χ2n) is 4.86. The Kier molecular flexibility index (Phi) is 3.82. The summed E-state index contributed by atoms with van der Waals surface area (Å²) >= 11 is 0. The molecule has 0 spiro atoms. The van der Waals surface area contributed by atoms with E-state index in [2.05, 4.69) is 12.2 Å². The van der Waals surface area contributed by atoms with Gasteiger partial charge >= 0.3 is 0 Å². The molecule has 0 radical (unpaired) electrons. The number of hydrogen-bond acceptors (Lipinski definition) is 2. The van der Waals surface area contributed by atoms with Crippen molar-refractivity contribution < 1.29 is 4.74 Å². The van der Waals surface area contributed by atoms with Gasteiger partial charge in [0.2, 0.25) is 0 Å². The lowest BCUT2D eigenvalue weighted by Gasteiger charge is -2.23. The molecule has 2 rings (SSSR count). The van der Waals surface area contributed by atoms with Crippen LogP contribution in [-0.2, 0) is 4.74 Å². The molecule has 0 aromatic heterocycles. The van der Waals surface area contributed by atoms with E-state index in [4.69, 9.17) is 4.74 Å². The van der Waals surface area contributed by atoms with Gasteiger partial charge in [0.15, 0.2) is 0 Å². The highest BCUT2D eigenvalue weighted by Crippen LogP contribution is 2.36. The average Bonchev–Trinajstić information content (AvgIpc) is 2.84. The molecular weight excluding hydrogens is 174 g/mol. The molecule has 2 atom stereocenters. The van der Waals surface area contributed by atoms with Crippen molar-refractivity contribution in [3.8, 4) is 0 Å². The lowest BCUT2D eigenvalue weighted by atomic mass is 9.94. The first-order valence-corrected chi connectivity index (χ1v) is 6.21. The molecule has 14 heavy (non-hydrogen) atoms. The third kappa shape index (κ3) is 2.96. The lowest BCUT2D eigenvalue weighted by Crippen LogP contribution is -2.37. The zero-order valence-corrected chi connectivity index (χ0v) is 9.30. The first kappa shape index (κ1) is 10.4. The van der Waals surface area contributed by atoms with Crippen LogP contribution in [0, 0.1) is 11.8 Å². The van der Waals surface area contributed by atoms with Gasteiger partial charge in [-0.2, -0.15) is 0 Å². The van der Waals surface area contributed by atoms with E-state index in [1.54, 1.807) is 0 Å². The fraction of sp³-hybridized carbons (Fsp3) is 1.00. The monoisotopic (exact) mass is 197 g/mol. The van der Waals surface area contributed by atoms with Crippen LogP contribution in [0.5, 0.6) is 0 Å². The summed E-state index contributed by atoms with van der Waals surface area (Å²) in [5.41, 5.74) is 0. The summed E-state index contributed by atoms with van der Waals surface area (Å²) in [6.45, 7) is 5.40. The third-order valence-electron chi connectivity index (χ3n) is 3.47. The van der Waals surface area contributed by atoms with E-state index in [-0.39, 0.29) is 0 Å². The quantitative estimate of drug-likeness (QED) is 0.705. The van der Waals surface area contributed by atoms with Crippen molar-refractivity contribution in [1.29, 1.82) is 0 Å². The average molecular weight is 197 g/mol. The van der Waals surface area contributed by atoms with Gasteiger partial charge in [0.1, 0.15) is 0 Å². The SMILES string of the molecule is CCCNC(CC1CC1)C1CCOC1. The highest BCUT2D eigenvalue weighted by molar-refractivity contribution is 4.85. The van der Waals surface area contributed by atoms with Crippen molar-refractivity contribution in [2.24, 2.45) is 11.8 Å². The molecule has 2 fully saturated rings. The van der Waals surface area contributed by atoms with E-state index in [9.17, 15) is 0 Å². The van der Waals surface area contributed by atoms with Gasteiger partial charge in [-0.05, 0) is 37.6 Å². The maximum atomic E-state index is 5.48. The van der Waals surface area contributed by atoms with E-state index in [0.717, 1.165) is 31.1 Å². The largest absolute Gasteiger partial charge is 0.381 e. The van der Waals surface area contributed by atoms with Crippen LogP contribution < -0.4 is 5.32 Å². The summed E-state index contributed by atoms with van der Waals surface area (Å²) < 4.78 is 5.48. The molecular formula is C12H23NO. The number of ether oxygens (including phenoxy) is 1. The summed E-state index contributed by atoms with van der Waals surface area (Å²) in [5, 5.41) is 3.70. The van der Waals surface area contributed by atoms with Crippen molar-refractivity contribution in [2.75, 3.05) is 19.8 Å². The highest BCUT2D eigenvalue weighted by Gasteiger charge is 2.31. The minimum Gasteiger partial charge on any atom is -0.381 e. The molecule has 1 saturated heterocycles. The van der Waals surface area contributed by atoms with Crippen LogP contribution >= 0.6 is 0 Å². The molecule has 1 saturated carbocycles. The summed E-state index contributed by atoms with van der Waals surface area (Å²) in [4.78, 5) is 0. The number of nitrogens with one attached hydrogen (secondary N) is 1. The van der Waals surface area contributed by atoms with Gasteiger partial charge in [0.05, 0.1) is 6.61 Å². The van der Waals surface area contributed by atoms with Gasteiger partial charge in [-0.25, -0.2) is 0 Å². The fourth-order valence-corrected chi connectivity index (χ4v) is 2.35. The first-order valence-electron chi connectivity index (χ1n) is 6.21. The van der Waals surface area contributed by atoms with Crippen LogP contribution in [0.2, 0.25) is 0 Å². The zero-order valence-electron chi connectivity index (χ0n) is 9.30. The summed E-state index contributed by atoms with van der Waals surface area (Å²) in [5.74, 6) is 1.83. The van der Waals surface area contributed by atoms with Gasteiger partial charge < -0.3 is 10.1 Å². The second-order valence-corrected chi connectivity index (χ2v) is 4.86. The van der Waals surface area contributed by atoms with Crippen molar-refractivity contribution in [2.45, 2.75) is 45.1 Å². The lowest BCUT2D eigenvalue weighted by molar-refractivity contribution is 0.174. The topological polar surface area (TPSA) is 21.3 Å². The smallest absolute Gasteiger partial charge is 0.0510 e. The molecule has 2 unspecified atom stereocenters. The molecule has 2 nitrogen and oxygen atoms in total. The van der Waals surface area contributed by atoms with Crippen molar-refractivity contribution in [3.05, 3.63) is 0 Å². The molecule has 1 aliphatic carbocycles. The third-order valence-corrected chi connectivity index (χ3v) is 3.47. The highest BCUT2D eigenvalue weighted by atomic mass is 16.5. The van der Waals surface area contributed by atoms with Crippen molar-refractivity contribution >= 4 is 0 Å². The van der Waals surface area contributed by atoms with Crippen LogP contribution in [0.4, 0.5) is 0 Å². The zero-order chi connectivity index (χ0) is 9.80. The van der Waals surface area contributed by atoms with Gasteiger partial charge in [0.25, 0.3) is 0 Å². The molecule has 1 N–H and O–H groups in total. The maximum absolute atomic E-state index is 5.48. The Morgan fingerprint density at radius 1 is 1.36 bits per heavy atom. The normalized spacial score (nSPS) is 29.4. The summed E-state index contributed by atoms with van der Waals surface area (Å²) in [6, 6.07) is 0.741. The molecule has 1 aliphatic heterocycles. The van der Waals surface area contributed by atoms with Gasteiger partial charge in [-0.3, -0.25) is 0 Å². The van der Waals surface area contributed by atoms with E-state index in [1.165, 1.54) is 38.6 Å². The minimum absolute atomic E-state index is 0.741. The van der Waals surface area contributed by atoms with Crippen LogP contribution in [-0.4, -0.2) is 25.8 Å². The fourth-order valence-electron chi connectivity index (χ4n) is 2.35. The first-order chi connectivity index (χ1) is 6.90. The summed E-state index contributed by atoms with van der Waals surface area (Å²) in [6.07, 6.45) is 6.85. The van der Waals surface area contributed by atoms with Crippen LogP contribution in [0.25, 0.3) is 0 Å². The molecule has 2 aliphatic rings. The van der Waals surface area contributed by atoms with Crippen LogP contribution in [0.3, 0.4) is 0 Å². The molecule has 2 heteroatoms. The number of hydrogen-bond donors (Lipinski definition) is 1. The Labute approximate surface area is 87.4 Å². The minimum atomic E-state index is 0.741. The van der Waals surface area contributed by atoms with Gasteiger partial charge in [-0.1, -0.05) is 19.8 Å². The Bertz CT molecular complexity index is 162. The number of rotatable bonds is 6. The Morgan fingerprint density at radius 2 is 2.21 bits per heavy atom. The molecule has 0 amide bonds. The van der Waals surface area contributed by atoms with Crippen molar-refractivity contribution in [1.82, 2.24) is 5.32 Å². The Morgan fingerprint density at radius 3 is 2.79 bits per heavy atom. The molecule has 82 valence electrons. The molecule has 0 aromatic carbocycles. The summed E-state index contributed by atoms with van der Waals surface area (Å²) in [7, 11) is 0. The Balaban J connectivity index is 1.76. The molecule has 0 aromatic rings. The standard InChI is InChI=1S/C12H23NO/c1-2-6-13-12(8-10-3-4-10)11-5-7-14-9-11/h10-13H,2-9H2,1H3. The molecule has 1 heterocycles. The molecule has 0 bridgehead atoms. The second kappa shape index (κ2) is 5.13. The van der Waals surface area contributed by atoms with Gasteiger partial charge in [0, 0.05) is 12.6 Å². The van der Waals surface area contributed by atoms with Crippen molar-refractivity contribution in [3.63, 3.8) is 0 Å². The van der Waals surface area contributed by atoms with E-state index in [1.807, 2.05) is 0 Å². The van der Waals surface area contributed by atoms with E-state index >= 15 is 0 Å². The van der Waals surface area contributed by atoms with Crippen LogP contribution in [0.1, 0.15) is 39.0 Å². The predicted molar refractivity (Wildman–Crippen MR) is 58.3 cm³/mol. The maximum Gasteiger partial charge on any atom is 0.0510 e. The Hall–Kier alpha value is -0.0800. The van der Waals surface area contributed by atoms with E-state index in [0.29, 0.717) is 0 Å². The van der Waals surface area contributed by atoms with Crippen LogP contribution in [0.15, 0.2) is 0 Å².